The molecule has 0 radical (unpaired) electrons. The second-order valence-electron chi connectivity index (χ2n) is 10.6. The van der Waals surface area contributed by atoms with Gasteiger partial charge in [0, 0.05) is 43.5 Å². The zero-order valence-corrected chi connectivity index (χ0v) is 21.2. The highest BCUT2D eigenvalue weighted by molar-refractivity contribution is 5.92. The van der Waals surface area contributed by atoms with Crippen molar-refractivity contribution in [2.45, 2.75) is 70.3 Å². The average Bonchev–Trinajstić information content (AvgIpc) is 3.53. The van der Waals surface area contributed by atoms with Crippen LogP contribution < -0.4 is 10.6 Å². The number of hydrogen-bond donors (Lipinski definition) is 2. The second-order valence-corrected chi connectivity index (χ2v) is 10.6. The van der Waals surface area contributed by atoms with E-state index < -0.39 is 24.8 Å². The van der Waals surface area contributed by atoms with Gasteiger partial charge < -0.3 is 10.6 Å². The summed E-state index contributed by atoms with van der Waals surface area (Å²) in [6.07, 6.45) is 6.98. The van der Waals surface area contributed by atoms with Crippen LogP contribution in [-0.4, -0.2) is 55.2 Å². The number of fused-ring (bicyclic) bond motifs is 1. The van der Waals surface area contributed by atoms with Gasteiger partial charge in [0.1, 0.15) is 5.69 Å². The maximum absolute atomic E-state index is 13.8. The molecule has 3 aromatic heterocycles. The van der Waals surface area contributed by atoms with Crippen LogP contribution in [0.25, 0.3) is 5.65 Å². The topological polar surface area (TPSA) is 106 Å². The molecule has 1 saturated heterocycles. The van der Waals surface area contributed by atoms with Crippen LogP contribution in [0.2, 0.25) is 0 Å². The molecule has 2 aliphatic rings. The van der Waals surface area contributed by atoms with Crippen molar-refractivity contribution in [2.75, 3.05) is 13.1 Å². The first-order valence-corrected chi connectivity index (χ1v) is 13.0. The molecule has 2 N–H and O–H groups in total. The first kappa shape index (κ1) is 25.3. The molecule has 11 heteroatoms. The van der Waals surface area contributed by atoms with Gasteiger partial charge in [-0.1, -0.05) is 6.92 Å². The molecule has 3 aromatic rings. The summed E-state index contributed by atoms with van der Waals surface area (Å²) >= 11 is 0. The normalized spacial score (nSPS) is 25.7. The summed E-state index contributed by atoms with van der Waals surface area (Å²) in [5, 5.41) is 14.2. The highest BCUT2D eigenvalue weighted by Gasteiger charge is 2.41. The average molecular weight is 514 g/mol. The Morgan fingerprint density at radius 3 is 2.78 bits per heavy atom. The number of nitrogens with one attached hydrogen (secondary N) is 2. The van der Waals surface area contributed by atoms with E-state index in [4.69, 9.17) is 4.98 Å². The van der Waals surface area contributed by atoms with E-state index in [1.807, 2.05) is 19.2 Å². The van der Waals surface area contributed by atoms with Crippen molar-refractivity contribution >= 4 is 17.5 Å². The maximum atomic E-state index is 13.8. The minimum absolute atomic E-state index is 0.134. The van der Waals surface area contributed by atoms with Crippen molar-refractivity contribution in [1.29, 1.82) is 0 Å². The number of halogens is 2. The third-order valence-electron chi connectivity index (χ3n) is 7.88. The van der Waals surface area contributed by atoms with Crippen molar-refractivity contribution < 1.29 is 18.4 Å². The van der Waals surface area contributed by atoms with Gasteiger partial charge in [-0.15, -0.1) is 0 Å². The Labute approximate surface area is 214 Å². The van der Waals surface area contributed by atoms with Crippen LogP contribution in [0.5, 0.6) is 0 Å². The summed E-state index contributed by atoms with van der Waals surface area (Å²) in [5.41, 5.74) is 2.25. The van der Waals surface area contributed by atoms with E-state index in [0.717, 1.165) is 31.4 Å². The zero-order valence-electron chi connectivity index (χ0n) is 21.2. The first-order valence-electron chi connectivity index (χ1n) is 13.0. The van der Waals surface area contributed by atoms with Crippen LogP contribution in [0.15, 0.2) is 30.6 Å². The molecule has 0 bridgehead atoms. The monoisotopic (exact) mass is 513 g/mol. The molecule has 9 nitrogen and oxygen atoms in total. The SMILES string of the molecule is CCn1nccc1C(=O)NCC1(c2cn3nc(CC4CC(F)(F)CNC4=O)ccc3n2)CCC(C)CC1. The van der Waals surface area contributed by atoms with E-state index >= 15 is 0 Å². The van der Waals surface area contributed by atoms with Crippen LogP contribution in [0.3, 0.4) is 0 Å². The van der Waals surface area contributed by atoms with Crippen LogP contribution in [0.1, 0.15) is 67.8 Å². The minimum atomic E-state index is -2.91. The van der Waals surface area contributed by atoms with Gasteiger partial charge in [-0.2, -0.15) is 10.2 Å². The van der Waals surface area contributed by atoms with Crippen molar-refractivity contribution in [3.63, 3.8) is 0 Å². The molecular weight excluding hydrogens is 480 g/mol. The van der Waals surface area contributed by atoms with Gasteiger partial charge in [0.05, 0.1) is 24.1 Å². The number of aromatic nitrogens is 5. The number of carbonyl (C=O) groups excluding carboxylic acids is 2. The van der Waals surface area contributed by atoms with Gasteiger partial charge in [-0.05, 0) is 56.7 Å². The minimum Gasteiger partial charge on any atom is -0.350 e. The number of piperidine rings is 1. The summed E-state index contributed by atoms with van der Waals surface area (Å²) in [7, 11) is 0. The van der Waals surface area contributed by atoms with E-state index in [0.29, 0.717) is 36.0 Å². The lowest BCUT2D eigenvalue weighted by molar-refractivity contribution is -0.136. The van der Waals surface area contributed by atoms with Crippen LogP contribution >= 0.6 is 0 Å². The van der Waals surface area contributed by atoms with Gasteiger partial charge in [0.2, 0.25) is 5.91 Å². The highest BCUT2D eigenvalue weighted by atomic mass is 19.3. The number of carbonyl (C=O) groups is 2. The zero-order chi connectivity index (χ0) is 26.2. The number of rotatable bonds is 7. The number of amides is 2. The third-order valence-corrected chi connectivity index (χ3v) is 7.88. The maximum Gasteiger partial charge on any atom is 0.269 e. The summed E-state index contributed by atoms with van der Waals surface area (Å²) in [6, 6.07) is 5.27. The second kappa shape index (κ2) is 9.83. The number of nitrogens with zero attached hydrogens (tertiary/aromatic N) is 5. The predicted molar refractivity (Wildman–Crippen MR) is 132 cm³/mol. The van der Waals surface area contributed by atoms with E-state index in [-0.39, 0.29) is 23.7 Å². The van der Waals surface area contributed by atoms with Gasteiger partial charge in [0.15, 0.2) is 5.65 Å². The molecule has 0 spiro atoms. The molecule has 1 saturated carbocycles. The standard InChI is InChI=1S/C26H33F2N7O2/c1-3-34-20(8-11-31-34)24(37)29-15-25(9-6-17(2)7-10-25)21-14-35-22(32-21)5-4-19(33-35)12-18-13-26(27,28)16-30-23(18)36/h4-5,8,11,14,17-18H,3,6-7,9-10,12-13,15-16H2,1-2H3,(H,29,37)(H,30,36). The van der Waals surface area contributed by atoms with Crippen molar-refractivity contribution in [2.24, 2.45) is 11.8 Å². The summed E-state index contributed by atoms with van der Waals surface area (Å²) in [4.78, 5) is 30.0. The Morgan fingerprint density at radius 1 is 1.24 bits per heavy atom. The van der Waals surface area contributed by atoms with Gasteiger partial charge >= 0.3 is 0 Å². The lowest BCUT2D eigenvalue weighted by Gasteiger charge is -2.38. The summed E-state index contributed by atoms with van der Waals surface area (Å²) < 4.78 is 31.0. The van der Waals surface area contributed by atoms with E-state index in [1.165, 1.54) is 0 Å². The van der Waals surface area contributed by atoms with Crippen LogP contribution in [0.4, 0.5) is 8.78 Å². The Kier molecular flexibility index (Phi) is 6.72. The lowest BCUT2D eigenvalue weighted by Crippen LogP contribution is -2.48. The fourth-order valence-electron chi connectivity index (χ4n) is 5.55. The molecule has 2 fully saturated rings. The molecule has 1 unspecified atom stereocenters. The Balaban J connectivity index is 1.38. The first-order chi connectivity index (χ1) is 17.7. The third kappa shape index (κ3) is 5.21. The largest absolute Gasteiger partial charge is 0.350 e. The van der Waals surface area contributed by atoms with Crippen molar-refractivity contribution in [1.82, 2.24) is 35.0 Å². The van der Waals surface area contributed by atoms with Gasteiger partial charge in [-0.25, -0.2) is 18.3 Å². The van der Waals surface area contributed by atoms with E-state index in [1.54, 1.807) is 27.5 Å². The summed E-state index contributed by atoms with van der Waals surface area (Å²) in [5.74, 6) is -3.66. The fourth-order valence-corrected chi connectivity index (χ4v) is 5.55. The number of hydrogen-bond acceptors (Lipinski definition) is 5. The molecule has 1 aliphatic heterocycles. The van der Waals surface area contributed by atoms with Crippen LogP contribution in [0, 0.1) is 11.8 Å². The van der Waals surface area contributed by atoms with E-state index in [2.05, 4.69) is 27.8 Å². The Bertz CT molecular complexity index is 1290. The molecule has 198 valence electrons. The quantitative estimate of drug-likeness (QED) is 0.505. The number of aryl methyl sites for hydroxylation is 1. The van der Waals surface area contributed by atoms with E-state index in [9.17, 15) is 18.4 Å². The molecular formula is C26H33F2N7O2. The number of alkyl halides is 2. The van der Waals surface area contributed by atoms with Gasteiger partial charge in [0.25, 0.3) is 11.8 Å². The molecule has 5 rings (SSSR count). The summed E-state index contributed by atoms with van der Waals surface area (Å²) in [6.45, 7) is 4.63. The molecule has 0 aromatic carbocycles. The Hall–Kier alpha value is -3.37. The fraction of sp³-hybridized carbons (Fsp3) is 0.577. The molecule has 37 heavy (non-hydrogen) atoms. The molecule has 2 amide bonds. The Morgan fingerprint density at radius 2 is 2.03 bits per heavy atom. The van der Waals surface area contributed by atoms with Crippen molar-refractivity contribution in [3.05, 3.63) is 47.7 Å². The molecule has 4 heterocycles. The van der Waals surface area contributed by atoms with Crippen molar-refractivity contribution in [3.8, 4) is 0 Å². The smallest absolute Gasteiger partial charge is 0.269 e. The van der Waals surface area contributed by atoms with Crippen LogP contribution in [-0.2, 0) is 23.2 Å². The molecule has 1 atom stereocenters. The lowest BCUT2D eigenvalue weighted by atomic mass is 9.69. The van der Waals surface area contributed by atoms with Gasteiger partial charge in [-0.3, -0.25) is 14.3 Å². The highest BCUT2D eigenvalue weighted by Crippen LogP contribution is 2.41. The predicted octanol–water partition coefficient (Wildman–Crippen LogP) is 3.14. The number of imidazole rings is 1. The molecule has 1 aliphatic carbocycles.